The van der Waals surface area contributed by atoms with Crippen molar-refractivity contribution < 1.29 is 17.6 Å². The molecule has 7 heteroatoms. The largest absolute Gasteiger partial charge is 0.355 e. The van der Waals surface area contributed by atoms with Gasteiger partial charge < -0.3 is 5.32 Å². The van der Waals surface area contributed by atoms with Crippen molar-refractivity contribution >= 4 is 15.9 Å². The van der Waals surface area contributed by atoms with Crippen LogP contribution < -0.4 is 5.32 Å². The average Bonchev–Trinajstić information content (AvgIpc) is 2.74. The predicted molar refractivity (Wildman–Crippen MR) is 115 cm³/mol. The highest BCUT2D eigenvalue weighted by Crippen LogP contribution is 2.26. The van der Waals surface area contributed by atoms with Crippen molar-refractivity contribution in [3.8, 4) is 0 Å². The van der Waals surface area contributed by atoms with E-state index in [4.69, 9.17) is 0 Å². The molecule has 30 heavy (non-hydrogen) atoms. The van der Waals surface area contributed by atoms with Crippen LogP contribution in [0.4, 0.5) is 4.39 Å². The van der Waals surface area contributed by atoms with Gasteiger partial charge in [-0.3, -0.25) is 4.79 Å². The number of nitrogens with one attached hydrogen (secondary N) is 1. The van der Waals surface area contributed by atoms with Crippen LogP contribution in [0.1, 0.15) is 38.2 Å². The van der Waals surface area contributed by atoms with Crippen LogP contribution in [0, 0.1) is 17.7 Å². The second kappa shape index (κ2) is 9.71. The van der Waals surface area contributed by atoms with E-state index in [1.165, 1.54) is 22.0 Å². The first-order chi connectivity index (χ1) is 14.3. The van der Waals surface area contributed by atoms with E-state index in [1.54, 1.807) is 0 Å². The van der Waals surface area contributed by atoms with E-state index in [0.717, 1.165) is 12.1 Å². The normalized spacial score (nSPS) is 17.1. The third-order valence-corrected chi connectivity index (χ3v) is 7.72. The maximum absolute atomic E-state index is 13.1. The van der Waals surface area contributed by atoms with Crippen LogP contribution in [0.25, 0.3) is 0 Å². The summed E-state index contributed by atoms with van der Waals surface area (Å²) in [5.74, 6) is -0.0762. The van der Waals surface area contributed by atoms with E-state index in [9.17, 15) is 17.6 Å². The van der Waals surface area contributed by atoms with Gasteiger partial charge >= 0.3 is 0 Å². The summed E-state index contributed by atoms with van der Waals surface area (Å²) in [5.41, 5.74) is 1.20. The second-order valence-corrected chi connectivity index (χ2v) is 10.1. The highest BCUT2D eigenvalue weighted by atomic mass is 32.2. The Bertz CT molecular complexity index is 938. The first-order valence-electron chi connectivity index (χ1n) is 10.4. The second-order valence-electron chi connectivity index (χ2n) is 8.14. The Balaban J connectivity index is 1.55. The molecule has 0 aromatic heterocycles. The summed E-state index contributed by atoms with van der Waals surface area (Å²) < 4.78 is 39.9. The molecular weight excluding hydrogens is 403 g/mol. The summed E-state index contributed by atoms with van der Waals surface area (Å²) >= 11 is 0. The number of carbonyl (C=O) groups excluding carboxylic acids is 1. The van der Waals surface area contributed by atoms with Crippen molar-refractivity contribution in [1.29, 1.82) is 0 Å². The van der Waals surface area contributed by atoms with E-state index in [0.29, 0.717) is 25.3 Å². The van der Waals surface area contributed by atoms with Crippen LogP contribution in [-0.2, 0) is 14.8 Å². The summed E-state index contributed by atoms with van der Waals surface area (Å²) in [5, 5.41) is 3.08. The zero-order chi connectivity index (χ0) is 21.7. The molecule has 0 saturated carbocycles. The molecule has 0 aliphatic carbocycles. The first kappa shape index (κ1) is 22.4. The van der Waals surface area contributed by atoms with Gasteiger partial charge in [-0.1, -0.05) is 44.2 Å². The van der Waals surface area contributed by atoms with Gasteiger partial charge in [0.2, 0.25) is 15.9 Å². The number of amides is 1. The first-order valence-corrected chi connectivity index (χ1v) is 11.8. The number of nitrogens with zero attached hydrogens (tertiary/aromatic N) is 1. The molecule has 2 aromatic carbocycles. The molecule has 0 bridgehead atoms. The Morgan fingerprint density at radius 1 is 1.07 bits per heavy atom. The maximum Gasteiger partial charge on any atom is 0.243 e. The minimum atomic E-state index is -3.67. The van der Waals surface area contributed by atoms with Gasteiger partial charge in [0.15, 0.2) is 0 Å². The van der Waals surface area contributed by atoms with Gasteiger partial charge in [-0.05, 0) is 48.6 Å². The molecule has 2 aromatic rings. The predicted octanol–water partition coefficient (Wildman–Crippen LogP) is 3.78. The van der Waals surface area contributed by atoms with Crippen molar-refractivity contribution in [2.75, 3.05) is 19.6 Å². The molecule has 1 unspecified atom stereocenters. The van der Waals surface area contributed by atoms with E-state index >= 15 is 0 Å². The SMILES string of the molecule is CC(C)C(CNC(=O)C1CCN(S(=O)(=O)c2ccc(F)cc2)CC1)c1ccccc1. The number of hydrogen-bond donors (Lipinski definition) is 1. The van der Waals surface area contributed by atoms with Crippen LogP contribution in [0.2, 0.25) is 0 Å². The molecule has 162 valence electrons. The summed E-state index contributed by atoms with van der Waals surface area (Å²) in [6, 6.07) is 15.0. The fourth-order valence-electron chi connectivity index (χ4n) is 3.91. The molecule has 1 amide bonds. The van der Waals surface area contributed by atoms with Gasteiger partial charge in [-0.2, -0.15) is 4.31 Å². The van der Waals surface area contributed by atoms with Crippen LogP contribution in [0.3, 0.4) is 0 Å². The van der Waals surface area contributed by atoms with E-state index in [1.807, 2.05) is 18.2 Å². The molecular formula is C23H29FN2O3S. The zero-order valence-corrected chi connectivity index (χ0v) is 18.2. The van der Waals surface area contributed by atoms with E-state index < -0.39 is 15.8 Å². The molecule has 1 saturated heterocycles. The number of hydrogen-bond acceptors (Lipinski definition) is 3. The lowest BCUT2D eigenvalue weighted by Gasteiger charge is -2.31. The summed E-state index contributed by atoms with van der Waals surface area (Å²) in [6.45, 7) is 5.41. The molecule has 1 N–H and O–H groups in total. The Labute approximate surface area is 178 Å². The lowest BCUT2D eigenvalue weighted by atomic mass is 9.88. The minimum absolute atomic E-state index is 0.0181. The van der Waals surface area contributed by atoms with Gasteiger partial charge in [0, 0.05) is 31.5 Å². The summed E-state index contributed by atoms with van der Waals surface area (Å²) in [4.78, 5) is 12.8. The molecule has 1 heterocycles. The van der Waals surface area contributed by atoms with Crippen molar-refractivity contribution in [2.45, 2.75) is 37.5 Å². The van der Waals surface area contributed by atoms with Gasteiger partial charge in [0.25, 0.3) is 0 Å². The highest BCUT2D eigenvalue weighted by molar-refractivity contribution is 7.89. The van der Waals surface area contributed by atoms with Gasteiger partial charge in [-0.15, -0.1) is 0 Å². The van der Waals surface area contributed by atoms with Crippen molar-refractivity contribution in [3.63, 3.8) is 0 Å². The fourth-order valence-corrected chi connectivity index (χ4v) is 5.38. The minimum Gasteiger partial charge on any atom is -0.355 e. The number of halogens is 1. The van der Waals surface area contributed by atoms with Gasteiger partial charge in [0.05, 0.1) is 4.90 Å². The van der Waals surface area contributed by atoms with Gasteiger partial charge in [-0.25, -0.2) is 12.8 Å². The molecule has 5 nitrogen and oxygen atoms in total. The van der Waals surface area contributed by atoms with Crippen LogP contribution in [0.5, 0.6) is 0 Å². The van der Waals surface area contributed by atoms with Gasteiger partial charge in [0.1, 0.15) is 5.82 Å². The van der Waals surface area contributed by atoms with Crippen molar-refractivity contribution in [1.82, 2.24) is 9.62 Å². The molecule has 1 atom stereocenters. The number of benzene rings is 2. The molecule has 1 aliphatic heterocycles. The van der Waals surface area contributed by atoms with E-state index in [2.05, 4.69) is 31.3 Å². The Hall–Kier alpha value is -2.25. The number of rotatable bonds is 7. The Morgan fingerprint density at radius 3 is 2.23 bits per heavy atom. The number of piperidine rings is 1. The third-order valence-electron chi connectivity index (χ3n) is 5.80. The molecule has 1 fully saturated rings. The fraction of sp³-hybridized carbons (Fsp3) is 0.435. The monoisotopic (exact) mass is 432 g/mol. The lowest BCUT2D eigenvalue weighted by molar-refractivity contribution is -0.126. The number of sulfonamides is 1. The molecule has 3 rings (SSSR count). The molecule has 0 spiro atoms. The van der Waals surface area contributed by atoms with E-state index in [-0.39, 0.29) is 35.7 Å². The molecule has 1 aliphatic rings. The quantitative estimate of drug-likeness (QED) is 0.724. The van der Waals surface area contributed by atoms with Crippen LogP contribution in [0.15, 0.2) is 59.5 Å². The summed E-state index contributed by atoms with van der Waals surface area (Å²) in [6.07, 6.45) is 0.952. The third kappa shape index (κ3) is 5.26. The topological polar surface area (TPSA) is 66.5 Å². The van der Waals surface area contributed by atoms with Crippen LogP contribution >= 0.6 is 0 Å². The number of carbonyl (C=O) groups is 1. The Kier molecular flexibility index (Phi) is 7.26. The highest BCUT2D eigenvalue weighted by Gasteiger charge is 2.32. The lowest BCUT2D eigenvalue weighted by Crippen LogP contribution is -2.43. The Morgan fingerprint density at radius 2 is 1.67 bits per heavy atom. The van der Waals surface area contributed by atoms with Crippen molar-refractivity contribution in [2.24, 2.45) is 11.8 Å². The maximum atomic E-state index is 13.1. The standard InChI is InChI=1S/C23H29FN2O3S/c1-17(2)22(18-6-4-3-5-7-18)16-25-23(27)19-12-14-26(15-13-19)30(28,29)21-10-8-20(24)9-11-21/h3-11,17,19,22H,12-16H2,1-2H3,(H,25,27). The molecule has 0 radical (unpaired) electrons. The average molecular weight is 433 g/mol. The van der Waals surface area contributed by atoms with Crippen molar-refractivity contribution in [3.05, 3.63) is 66.0 Å². The smallest absolute Gasteiger partial charge is 0.243 e. The zero-order valence-electron chi connectivity index (χ0n) is 17.4. The van der Waals surface area contributed by atoms with Crippen LogP contribution in [-0.4, -0.2) is 38.3 Å². The summed E-state index contributed by atoms with van der Waals surface area (Å²) in [7, 11) is -3.67.